The number of nitrogens with two attached hydrogens (primary N) is 1. The fourth-order valence-corrected chi connectivity index (χ4v) is 2.45. The Balaban J connectivity index is 0.00000529. The van der Waals surface area contributed by atoms with Crippen molar-refractivity contribution in [1.29, 1.82) is 0 Å². The number of hydrogen-bond donors (Lipinski definition) is 2. The van der Waals surface area contributed by atoms with E-state index in [2.05, 4.69) is 47.1 Å². The Labute approximate surface area is 162 Å². The van der Waals surface area contributed by atoms with Gasteiger partial charge in [-0.2, -0.15) is 0 Å². The number of carbonyl (C=O) groups excluding carboxylic acids is 1. The zero-order valence-corrected chi connectivity index (χ0v) is 17.3. The molecular formula is C18H30IN3O2. The van der Waals surface area contributed by atoms with E-state index >= 15 is 0 Å². The lowest BCUT2D eigenvalue weighted by Gasteiger charge is -2.08. The van der Waals surface area contributed by atoms with E-state index in [1.807, 2.05) is 0 Å². The van der Waals surface area contributed by atoms with Crippen molar-refractivity contribution in [1.82, 2.24) is 0 Å². The van der Waals surface area contributed by atoms with Crippen molar-refractivity contribution in [3.05, 3.63) is 29.3 Å². The molecule has 0 amide bonds. The van der Waals surface area contributed by atoms with E-state index in [0.29, 0.717) is 12.4 Å². The standard InChI is InChI=1S/C18H29N3O2.HI/c1-14-11-15(2)13-16(12-14)21-18(19)20-10-8-6-4-5-7-9-17(22)23-3;/h11-13H,4-10H2,1-3H3,(H3,19,20,21);1H. The first-order chi connectivity index (χ1) is 11.0. The van der Waals surface area contributed by atoms with Crippen molar-refractivity contribution in [3.63, 3.8) is 0 Å². The predicted molar refractivity (Wildman–Crippen MR) is 111 cm³/mol. The van der Waals surface area contributed by atoms with Gasteiger partial charge in [0, 0.05) is 18.7 Å². The number of ether oxygens (including phenoxy) is 1. The van der Waals surface area contributed by atoms with Gasteiger partial charge in [0.15, 0.2) is 5.96 Å². The number of aryl methyl sites for hydroxylation is 2. The van der Waals surface area contributed by atoms with Gasteiger partial charge in [0.1, 0.15) is 0 Å². The van der Waals surface area contributed by atoms with Crippen LogP contribution in [0.25, 0.3) is 0 Å². The average Bonchev–Trinajstić information content (AvgIpc) is 2.48. The van der Waals surface area contributed by atoms with E-state index in [0.717, 1.165) is 44.3 Å². The molecule has 0 aliphatic rings. The molecule has 0 unspecified atom stereocenters. The summed E-state index contributed by atoms with van der Waals surface area (Å²) in [5.41, 5.74) is 9.29. The lowest BCUT2D eigenvalue weighted by molar-refractivity contribution is -0.140. The topological polar surface area (TPSA) is 76.7 Å². The second-order valence-electron chi connectivity index (χ2n) is 5.86. The highest BCUT2D eigenvalue weighted by Crippen LogP contribution is 2.13. The minimum atomic E-state index is -0.125. The van der Waals surface area contributed by atoms with E-state index in [9.17, 15) is 4.79 Å². The molecule has 0 aliphatic carbocycles. The summed E-state index contributed by atoms with van der Waals surface area (Å²) in [5, 5.41) is 3.13. The summed E-state index contributed by atoms with van der Waals surface area (Å²) in [6.07, 6.45) is 5.68. The second kappa shape index (κ2) is 13.0. The van der Waals surface area contributed by atoms with Crippen molar-refractivity contribution in [3.8, 4) is 0 Å². The molecule has 0 bridgehead atoms. The summed E-state index contributed by atoms with van der Waals surface area (Å²) in [6.45, 7) is 4.85. The number of carbonyl (C=O) groups is 1. The van der Waals surface area contributed by atoms with Gasteiger partial charge >= 0.3 is 5.97 Å². The summed E-state index contributed by atoms with van der Waals surface area (Å²) in [6, 6.07) is 6.23. The summed E-state index contributed by atoms with van der Waals surface area (Å²) in [7, 11) is 1.43. The quantitative estimate of drug-likeness (QED) is 0.196. The fourth-order valence-electron chi connectivity index (χ4n) is 2.45. The van der Waals surface area contributed by atoms with Gasteiger partial charge in [-0.25, -0.2) is 0 Å². The molecule has 0 saturated carbocycles. The molecule has 0 aliphatic heterocycles. The molecule has 0 spiro atoms. The van der Waals surface area contributed by atoms with Crippen LogP contribution in [0.5, 0.6) is 0 Å². The van der Waals surface area contributed by atoms with Crippen LogP contribution in [-0.4, -0.2) is 25.6 Å². The molecule has 6 heteroatoms. The lowest BCUT2D eigenvalue weighted by atomic mass is 10.1. The third-order valence-corrected chi connectivity index (χ3v) is 3.54. The van der Waals surface area contributed by atoms with Crippen LogP contribution in [0.15, 0.2) is 23.2 Å². The molecule has 0 radical (unpaired) electrons. The molecule has 24 heavy (non-hydrogen) atoms. The highest BCUT2D eigenvalue weighted by molar-refractivity contribution is 14.0. The molecule has 0 heterocycles. The molecule has 1 aromatic carbocycles. The Morgan fingerprint density at radius 3 is 2.29 bits per heavy atom. The van der Waals surface area contributed by atoms with Crippen molar-refractivity contribution >= 4 is 41.6 Å². The van der Waals surface area contributed by atoms with Crippen molar-refractivity contribution in [2.45, 2.75) is 52.4 Å². The van der Waals surface area contributed by atoms with Crippen LogP contribution >= 0.6 is 24.0 Å². The maximum atomic E-state index is 11.0. The van der Waals surface area contributed by atoms with Gasteiger partial charge in [-0.3, -0.25) is 9.79 Å². The van der Waals surface area contributed by atoms with Gasteiger partial charge in [-0.05, 0) is 49.9 Å². The number of methoxy groups -OCH3 is 1. The molecule has 0 aromatic heterocycles. The molecule has 0 saturated heterocycles. The summed E-state index contributed by atoms with van der Waals surface area (Å²) in [5.74, 6) is 0.334. The normalized spacial score (nSPS) is 10.9. The average molecular weight is 447 g/mol. The number of rotatable bonds is 9. The number of hydrogen-bond acceptors (Lipinski definition) is 3. The second-order valence-corrected chi connectivity index (χ2v) is 5.86. The van der Waals surface area contributed by atoms with Crippen LogP contribution in [0, 0.1) is 13.8 Å². The third kappa shape index (κ3) is 10.5. The minimum absolute atomic E-state index is 0. The highest BCUT2D eigenvalue weighted by atomic mass is 127. The van der Waals surface area contributed by atoms with Gasteiger partial charge in [0.25, 0.3) is 0 Å². The molecule has 0 atom stereocenters. The number of aliphatic imine (C=N–C) groups is 1. The minimum Gasteiger partial charge on any atom is -0.469 e. The van der Waals surface area contributed by atoms with Crippen LogP contribution in [0.1, 0.15) is 49.7 Å². The first-order valence-corrected chi connectivity index (χ1v) is 8.23. The Hall–Kier alpha value is -1.31. The van der Waals surface area contributed by atoms with Gasteiger partial charge in [0.2, 0.25) is 0 Å². The van der Waals surface area contributed by atoms with E-state index < -0.39 is 0 Å². The zero-order valence-electron chi connectivity index (χ0n) is 14.9. The molecule has 3 N–H and O–H groups in total. The fraction of sp³-hybridized carbons (Fsp3) is 0.556. The molecule has 0 fully saturated rings. The van der Waals surface area contributed by atoms with Crippen LogP contribution < -0.4 is 11.1 Å². The van der Waals surface area contributed by atoms with Crippen molar-refractivity contribution < 1.29 is 9.53 Å². The lowest BCUT2D eigenvalue weighted by Crippen LogP contribution is -2.23. The molecular weight excluding hydrogens is 417 g/mol. The van der Waals surface area contributed by atoms with Gasteiger partial charge in [-0.1, -0.05) is 25.3 Å². The van der Waals surface area contributed by atoms with E-state index in [4.69, 9.17) is 5.73 Å². The highest BCUT2D eigenvalue weighted by Gasteiger charge is 2.00. The van der Waals surface area contributed by atoms with Gasteiger partial charge < -0.3 is 15.8 Å². The summed E-state index contributed by atoms with van der Waals surface area (Å²) >= 11 is 0. The maximum Gasteiger partial charge on any atom is 0.305 e. The Bertz CT molecular complexity index is 513. The number of anilines is 1. The van der Waals surface area contributed by atoms with Crippen molar-refractivity contribution in [2.24, 2.45) is 10.7 Å². The summed E-state index contributed by atoms with van der Waals surface area (Å²) in [4.78, 5) is 15.3. The number of nitrogens with zero attached hydrogens (tertiary/aromatic N) is 1. The third-order valence-electron chi connectivity index (χ3n) is 3.54. The Morgan fingerprint density at radius 2 is 1.67 bits per heavy atom. The van der Waals surface area contributed by atoms with Crippen molar-refractivity contribution in [2.75, 3.05) is 19.0 Å². The van der Waals surface area contributed by atoms with Crippen LogP contribution in [0.3, 0.4) is 0 Å². The van der Waals surface area contributed by atoms with Gasteiger partial charge in [-0.15, -0.1) is 24.0 Å². The number of esters is 1. The smallest absolute Gasteiger partial charge is 0.305 e. The SMILES string of the molecule is COC(=O)CCCCCCCN=C(N)Nc1cc(C)cc(C)c1.I. The molecule has 5 nitrogen and oxygen atoms in total. The van der Waals surface area contributed by atoms with E-state index in [1.165, 1.54) is 18.2 Å². The largest absolute Gasteiger partial charge is 0.469 e. The zero-order chi connectivity index (χ0) is 17.1. The maximum absolute atomic E-state index is 11.0. The predicted octanol–water partition coefficient (Wildman–Crippen LogP) is 4.16. The first-order valence-electron chi connectivity index (χ1n) is 8.23. The molecule has 1 rings (SSSR count). The molecule has 136 valence electrons. The Morgan fingerprint density at radius 1 is 1.08 bits per heavy atom. The van der Waals surface area contributed by atoms with E-state index in [1.54, 1.807) is 0 Å². The van der Waals surface area contributed by atoms with Gasteiger partial charge in [0.05, 0.1) is 7.11 Å². The van der Waals surface area contributed by atoms with Crippen LogP contribution in [0.2, 0.25) is 0 Å². The number of nitrogens with one attached hydrogen (secondary N) is 1. The van der Waals surface area contributed by atoms with Crippen LogP contribution in [-0.2, 0) is 9.53 Å². The monoisotopic (exact) mass is 447 g/mol. The molecule has 1 aromatic rings. The Kier molecular flexibility index (Phi) is 12.3. The van der Waals surface area contributed by atoms with Crippen LogP contribution in [0.4, 0.5) is 5.69 Å². The number of benzene rings is 1. The number of guanidine groups is 1. The summed E-state index contributed by atoms with van der Waals surface area (Å²) < 4.78 is 4.61. The first kappa shape index (κ1) is 22.7. The van der Waals surface area contributed by atoms with E-state index in [-0.39, 0.29) is 29.9 Å². The number of unbranched alkanes of at least 4 members (excludes halogenated alkanes) is 4. The number of halogens is 1.